The largest absolute Gasteiger partial charge is 0.371 e. The summed E-state index contributed by atoms with van der Waals surface area (Å²) in [6.45, 7) is 6.49. The van der Waals surface area contributed by atoms with Gasteiger partial charge in [0.15, 0.2) is 0 Å². The Morgan fingerprint density at radius 1 is 1.47 bits per heavy atom. The number of nitrogens with one attached hydrogen (secondary N) is 1. The lowest BCUT2D eigenvalue weighted by molar-refractivity contribution is 0.607. The molecule has 17 heavy (non-hydrogen) atoms. The molecule has 0 aliphatic carbocycles. The Balaban J connectivity index is 2.32. The van der Waals surface area contributed by atoms with Crippen molar-refractivity contribution >= 4 is 5.69 Å². The van der Waals surface area contributed by atoms with Crippen molar-refractivity contribution in [2.45, 2.75) is 26.3 Å². The second-order valence-electron chi connectivity index (χ2n) is 5.05. The van der Waals surface area contributed by atoms with Crippen LogP contribution in [0.15, 0.2) is 18.2 Å². The van der Waals surface area contributed by atoms with Crippen molar-refractivity contribution in [1.29, 1.82) is 0 Å². The van der Waals surface area contributed by atoms with Gasteiger partial charge in [0.05, 0.1) is 0 Å². The topological polar surface area (TPSA) is 15.3 Å². The van der Waals surface area contributed by atoms with Crippen LogP contribution in [-0.4, -0.2) is 20.1 Å². The summed E-state index contributed by atoms with van der Waals surface area (Å²) in [6, 6.07) is 5.30. The van der Waals surface area contributed by atoms with Crippen LogP contribution >= 0.6 is 0 Å². The SMILES string of the molecule is CNC(C)c1cc(F)ccc1N1CCC(C)C1. The lowest BCUT2D eigenvalue weighted by Crippen LogP contribution is -2.23. The van der Waals surface area contributed by atoms with Crippen LogP contribution in [0.5, 0.6) is 0 Å². The quantitative estimate of drug-likeness (QED) is 0.868. The zero-order valence-corrected chi connectivity index (χ0v) is 10.8. The highest BCUT2D eigenvalue weighted by molar-refractivity contribution is 5.55. The van der Waals surface area contributed by atoms with E-state index in [4.69, 9.17) is 0 Å². The molecule has 0 aromatic heterocycles. The molecule has 1 aliphatic heterocycles. The van der Waals surface area contributed by atoms with Gasteiger partial charge in [0, 0.05) is 24.8 Å². The number of halogens is 1. The molecule has 3 heteroatoms. The molecule has 1 N–H and O–H groups in total. The maximum Gasteiger partial charge on any atom is 0.123 e. The predicted molar refractivity (Wildman–Crippen MR) is 69.9 cm³/mol. The molecule has 1 aromatic carbocycles. The van der Waals surface area contributed by atoms with E-state index in [1.54, 1.807) is 12.1 Å². The summed E-state index contributed by atoms with van der Waals surface area (Å²) < 4.78 is 13.4. The average Bonchev–Trinajstić information content (AvgIpc) is 2.74. The van der Waals surface area contributed by atoms with E-state index in [1.807, 2.05) is 13.1 Å². The van der Waals surface area contributed by atoms with Crippen molar-refractivity contribution in [3.8, 4) is 0 Å². The monoisotopic (exact) mass is 236 g/mol. The van der Waals surface area contributed by atoms with E-state index in [0.29, 0.717) is 0 Å². The van der Waals surface area contributed by atoms with Crippen LogP contribution in [0.4, 0.5) is 10.1 Å². The van der Waals surface area contributed by atoms with E-state index in [0.717, 1.165) is 24.6 Å². The standard InChI is InChI=1S/C14H21FN2/c1-10-6-7-17(9-10)14-5-4-12(15)8-13(14)11(2)16-3/h4-5,8,10-11,16H,6-7,9H2,1-3H3. The Hall–Kier alpha value is -1.09. The molecule has 0 bridgehead atoms. The number of anilines is 1. The smallest absolute Gasteiger partial charge is 0.123 e. The minimum absolute atomic E-state index is 0.155. The Morgan fingerprint density at radius 3 is 2.82 bits per heavy atom. The molecule has 1 saturated heterocycles. The van der Waals surface area contributed by atoms with Gasteiger partial charge in [-0.15, -0.1) is 0 Å². The Morgan fingerprint density at radius 2 is 2.24 bits per heavy atom. The minimum atomic E-state index is -0.155. The lowest BCUT2D eigenvalue weighted by Gasteiger charge is -2.24. The van der Waals surface area contributed by atoms with Gasteiger partial charge in [-0.3, -0.25) is 0 Å². The van der Waals surface area contributed by atoms with Gasteiger partial charge < -0.3 is 10.2 Å². The van der Waals surface area contributed by atoms with Crippen LogP contribution in [0.25, 0.3) is 0 Å². The lowest BCUT2D eigenvalue weighted by atomic mass is 10.0. The molecule has 2 unspecified atom stereocenters. The van der Waals surface area contributed by atoms with Gasteiger partial charge >= 0.3 is 0 Å². The highest BCUT2D eigenvalue weighted by Gasteiger charge is 2.22. The Kier molecular flexibility index (Phi) is 3.67. The Labute approximate surface area is 103 Å². The van der Waals surface area contributed by atoms with Gasteiger partial charge in [-0.2, -0.15) is 0 Å². The molecule has 2 nitrogen and oxygen atoms in total. The first kappa shape index (κ1) is 12.4. The van der Waals surface area contributed by atoms with Gasteiger partial charge in [0.1, 0.15) is 5.82 Å². The molecule has 94 valence electrons. The summed E-state index contributed by atoms with van der Waals surface area (Å²) in [5, 5.41) is 3.19. The first-order chi connectivity index (χ1) is 8.11. The molecule has 0 amide bonds. The molecule has 0 radical (unpaired) electrons. The number of rotatable bonds is 3. The van der Waals surface area contributed by atoms with Crippen molar-refractivity contribution in [1.82, 2.24) is 5.32 Å². The third-order valence-corrected chi connectivity index (χ3v) is 3.65. The van der Waals surface area contributed by atoms with E-state index in [-0.39, 0.29) is 11.9 Å². The minimum Gasteiger partial charge on any atom is -0.371 e. The van der Waals surface area contributed by atoms with Crippen molar-refractivity contribution in [3.63, 3.8) is 0 Å². The zero-order chi connectivity index (χ0) is 12.4. The van der Waals surface area contributed by atoms with Crippen molar-refractivity contribution in [2.75, 3.05) is 25.0 Å². The molecule has 2 atom stereocenters. The van der Waals surface area contributed by atoms with E-state index in [2.05, 4.69) is 24.1 Å². The fraction of sp³-hybridized carbons (Fsp3) is 0.571. The van der Waals surface area contributed by atoms with E-state index < -0.39 is 0 Å². The van der Waals surface area contributed by atoms with Crippen molar-refractivity contribution in [3.05, 3.63) is 29.6 Å². The van der Waals surface area contributed by atoms with Gasteiger partial charge in [-0.05, 0) is 50.1 Å². The van der Waals surface area contributed by atoms with E-state index >= 15 is 0 Å². The van der Waals surface area contributed by atoms with Crippen LogP contribution in [0.3, 0.4) is 0 Å². The third kappa shape index (κ3) is 2.60. The number of nitrogens with zero attached hydrogens (tertiary/aromatic N) is 1. The van der Waals surface area contributed by atoms with Crippen molar-refractivity contribution in [2.24, 2.45) is 5.92 Å². The van der Waals surface area contributed by atoms with Crippen LogP contribution in [0.2, 0.25) is 0 Å². The third-order valence-electron chi connectivity index (χ3n) is 3.65. The highest BCUT2D eigenvalue weighted by Crippen LogP contribution is 2.31. The molecule has 2 rings (SSSR count). The van der Waals surface area contributed by atoms with Crippen LogP contribution in [-0.2, 0) is 0 Å². The maximum atomic E-state index is 13.4. The molecular weight excluding hydrogens is 215 g/mol. The van der Waals surface area contributed by atoms with Crippen molar-refractivity contribution < 1.29 is 4.39 Å². The zero-order valence-electron chi connectivity index (χ0n) is 10.8. The summed E-state index contributed by atoms with van der Waals surface area (Å²) in [4.78, 5) is 2.37. The van der Waals surface area contributed by atoms with Gasteiger partial charge in [0.25, 0.3) is 0 Å². The number of benzene rings is 1. The molecule has 1 aromatic rings. The molecule has 1 aliphatic rings. The van der Waals surface area contributed by atoms with Gasteiger partial charge in [0.2, 0.25) is 0 Å². The summed E-state index contributed by atoms with van der Waals surface area (Å²) in [5.74, 6) is 0.580. The second kappa shape index (κ2) is 5.05. The molecule has 1 fully saturated rings. The summed E-state index contributed by atoms with van der Waals surface area (Å²) in [5.41, 5.74) is 2.24. The van der Waals surface area contributed by atoms with Gasteiger partial charge in [-0.1, -0.05) is 6.92 Å². The number of hydrogen-bond acceptors (Lipinski definition) is 2. The second-order valence-corrected chi connectivity index (χ2v) is 5.05. The highest BCUT2D eigenvalue weighted by atomic mass is 19.1. The molecular formula is C14H21FN2. The summed E-state index contributed by atoms with van der Waals surface area (Å²) in [6.07, 6.45) is 1.23. The van der Waals surface area contributed by atoms with E-state index in [1.165, 1.54) is 12.1 Å². The first-order valence-electron chi connectivity index (χ1n) is 6.33. The van der Waals surface area contributed by atoms with Crippen LogP contribution in [0.1, 0.15) is 31.9 Å². The molecule has 0 spiro atoms. The summed E-state index contributed by atoms with van der Waals surface area (Å²) in [7, 11) is 1.91. The molecule has 1 heterocycles. The van der Waals surface area contributed by atoms with Crippen LogP contribution < -0.4 is 10.2 Å². The molecule has 0 saturated carbocycles. The maximum absolute atomic E-state index is 13.4. The number of hydrogen-bond donors (Lipinski definition) is 1. The van der Waals surface area contributed by atoms with E-state index in [9.17, 15) is 4.39 Å². The van der Waals surface area contributed by atoms with Gasteiger partial charge in [-0.25, -0.2) is 4.39 Å². The van der Waals surface area contributed by atoms with Crippen LogP contribution in [0, 0.1) is 11.7 Å². The first-order valence-corrected chi connectivity index (χ1v) is 6.33. The fourth-order valence-electron chi connectivity index (χ4n) is 2.47. The normalized spacial score (nSPS) is 21.9. The Bertz CT molecular complexity index is 392. The fourth-order valence-corrected chi connectivity index (χ4v) is 2.47. The summed E-state index contributed by atoms with van der Waals surface area (Å²) >= 11 is 0. The predicted octanol–water partition coefficient (Wildman–Crippen LogP) is 2.95. The average molecular weight is 236 g/mol.